The smallest absolute Gasteiger partial charge is 0.307 e. The monoisotopic (exact) mass is 272 g/mol. The van der Waals surface area contributed by atoms with E-state index in [0.717, 1.165) is 5.56 Å². The molecule has 0 aliphatic heterocycles. The van der Waals surface area contributed by atoms with E-state index in [-0.39, 0.29) is 17.3 Å². The minimum atomic E-state index is -2.43. The van der Waals surface area contributed by atoms with Gasteiger partial charge in [-0.25, -0.2) is 0 Å². The molecule has 5 heteroatoms. The van der Waals surface area contributed by atoms with E-state index in [1.807, 2.05) is 13.8 Å². The highest BCUT2D eigenvalue weighted by Gasteiger charge is 2.62. The number of hydrogen-bond donors (Lipinski definition) is 1. The lowest BCUT2D eigenvalue weighted by Crippen LogP contribution is -2.03. The Morgan fingerprint density at radius 2 is 1.89 bits per heavy atom. The summed E-state index contributed by atoms with van der Waals surface area (Å²) in [6.07, 6.45) is 0. The van der Waals surface area contributed by atoms with Crippen LogP contribution < -0.4 is 0 Å². The zero-order valence-electron chi connectivity index (χ0n) is 10.1. The van der Waals surface area contributed by atoms with Crippen LogP contribution in [0.25, 0.3) is 0 Å². The number of halogens is 2. The van der Waals surface area contributed by atoms with Gasteiger partial charge in [0.25, 0.3) is 5.76 Å². The second-order valence-corrected chi connectivity index (χ2v) is 6.13. The van der Waals surface area contributed by atoms with E-state index < -0.39 is 11.7 Å². The Labute approximate surface area is 108 Å². The first-order chi connectivity index (χ1) is 8.34. The molecular weight excluding hydrogens is 258 g/mol. The van der Waals surface area contributed by atoms with Gasteiger partial charge >= 0.3 is 5.97 Å². The van der Waals surface area contributed by atoms with Crippen LogP contribution in [0.2, 0.25) is 0 Å². The number of carbonyl (C=O) groups is 1. The summed E-state index contributed by atoms with van der Waals surface area (Å²) in [6, 6.07) is 6.75. The molecule has 0 amide bonds. The molecule has 1 aromatic rings. The first kappa shape index (κ1) is 13.3. The molecule has 2 nitrogen and oxygen atoms in total. The summed E-state index contributed by atoms with van der Waals surface area (Å²) in [7, 11) is 0. The molecule has 0 bridgehead atoms. The van der Waals surface area contributed by atoms with Gasteiger partial charge in [0.05, 0.1) is 5.92 Å². The number of alkyl halides is 2. The van der Waals surface area contributed by atoms with Crippen LogP contribution in [0.4, 0.5) is 8.78 Å². The van der Waals surface area contributed by atoms with Crippen LogP contribution in [-0.4, -0.2) is 16.8 Å². The minimum absolute atomic E-state index is 0.0272. The summed E-state index contributed by atoms with van der Waals surface area (Å²) in [5, 5.41) is 9.09. The Morgan fingerprint density at radius 3 is 2.28 bits per heavy atom. The maximum atomic E-state index is 12.2. The van der Waals surface area contributed by atoms with Crippen LogP contribution in [0.15, 0.2) is 29.2 Å². The van der Waals surface area contributed by atoms with Crippen molar-refractivity contribution in [1.82, 2.24) is 0 Å². The highest BCUT2D eigenvalue weighted by atomic mass is 32.2. The van der Waals surface area contributed by atoms with Crippen LogP contribution >= 0.6 is 11.8 Å². The molecule has 0 saturated heterocycles. The predicted octanol–water partition coefficient (Wildman–Crippen LogP) is 3.83. The van der Waals surface area contributed by atoms with Crippen molar-refractivity contribution in [2.45, 2.75) is 30.4 Å². The summed E-state index contributed by atoms with van der Waals surface area (Å²) in [4.78, 5) is 11.6. The molecule has 1 aliphatic carbocycles. The number of hydrogen-bond acceptors (Lipinski definition) is 2. The molecule has 0 radical (unpaired) electrons. The molecule has 2 rings (SSSR count). The fourth-order valence-corrected chi connectivity index (χ4v) is 3.08. The van der Waals surface area contributed by atoms with Gasteiger partial charge in [-0.3, -0.25) is 4.79 Å². The number of benzene rings is 1. The largest absolute Gasteiger partial charge is 0.481 e. The number of thioether (sulfide) groups is 1. The van der Waals surface area contributed by atoms with Gasteiger partial charge in [0, 0.05) is 10.8 Å². The van der Waals surface area contributed by atoms with E-state index >= 15 is 0 Å². The second kappa shape index (κ2) is 4.53. The molecule has 0 spiro atoms. The number of carboxylic acids is 1. The normalized spacial score (nSPS) is 25.2. The molecule has 0 aromatic heterocycles. The minimum Gasteiger partial charge on any atom is -0.481 e. The van der Waals surface area contributed by atoms with Gasteiger partial charge in [0.15, 0.2) is 0 Å². The molecule has 98 valence electrons. The van der Waals surface area contributed by atoms with Gasteiger partial charge in [-0.2, -0.15) is 8.78 Å². The van der Waals surface area contributed by atoms with E-state index in [0.29, 0.717) is 16.7 Å². The summed E-state index contributed by atoms with van der Waals surface area (Å²) in [6.45, 7) is 3.83. The molecular formula is C13H14F2O2S. The zero-order chi connectivity index (χ0) is 13.5. The summed E-state index contributed by atoms with van der Waals surface area (Å²) >= 11 is 0.497. The first-order valence-electron chi connectivity index (χ1n) is 5.61. The van der Waals surface area contributed by atoms with Crippen molar-refractivity contribution >= 4 is 17.7 Å². The molecule has 1 aromatic carbocycles. The van der Waals surface area contributed by atoms with Crippen LogP contribution in [0, 0.1) is 11.3 Å². The summed E-state index contributed by atoms with van der Waals surface area (Å²) in [5.74, 6) is -3.64. The lowest BCUT2D eigenvalue weighted by molar-refractivity contribution is -0.139. The lowest BCUT2D eigenvalue weighted by atomic mass is 10.0. The summed E-state index contributed by atoms with van der Waals surface area (Å²) < 4.78 is 24.3. The van der Waals surface area contributed by atoms with Crippen molar-refractivity contribution in [2.24, 2.45) is 11.3 Å². The Balaban J connectivity index is 2.14. The predicted molar refractivity (Wildman–Crippen MR) is 66.0 cm³/mol. The SMILES string of the molecule is CC1(C)[C@H](C(=O)O)[C@H]1c1ccc(SC(F)F)cc1. The molecule has 1 fully saturated rings. The molecule has 18 heavy (non-hydrogen) atoms. The lowest BCUT2D eigenvalue weighted by Gasteiger charge is -2.04. The van der Waals surface area contributed by atoms with Crippen molar-refractivity contribution in [3.8, 4) is 0 Å². The first-order valence-corrected chi connectivity index (χ1v) is 6.49. The third-order valence-electron chi connectivity index (χ3n) is 3.56. The van der Waals surface area contributed by atoms with Gasteiger partial charge in [-0.1, -0.05) is 37.7 Å². The molecule has 2 atom stereocenters. The average Bonchev–Trinajstić information content (AvgIpc) is 2.82. The molecule has 0 heterocycles. The van der Waals surface area contributed by atoms with Crippen LogP contribution in [0.1, 0.15) is 25.3 Å². The molecule has 1 aliphatic rings. The fourth-order valence-electron chi connectivity index (χ4n) is 2.58. The third-order valence-corrected chi connectivity index (χ3v) is 4.28. The van der Waals surface area contributed by atoms with Crippen molar-refractivity contribution in [3.63, 3.8) is 0 Å². The number of rotatable bonds is 4. The Bertz CT molecular complexity index is 457. The second-order valence-electron chi connectivity index (χ2n) is 5.06. The molecule has 1 saturated carbocycles. The van der Waals surface area contributed by atoms with Crippen molar-refractivity contribution < 1.29 is 18.7 Å². The van der Waals surface area contributed by atoms with E-state index in [1.165, 1.54) is 0 Å². The van der Waals surface area contributed by atoms with Crippen LogP contribution in [0.5, 0.6) is 0 Å². The van der Waals surface area contributed by atoms with E-state index in [4.69, 9.17) is 5.11 Å². The summed E-state index contributed by atoms with van der Waals surface area (Å²) in [5.41, 5.74) is 0.648. The van der Waals surface area contributed by atoms with Gasteiger partial charge in [-0.15, -0.1) is 0 Å². The highest BCUT2D eigenvalue weighted by Crippen LogP contribution is 2.64. The van der Waals surface area contributed by atoms with Crippen LogP contribution in [0.3, 0.4) is 0 Å². The fraction of sp³-hybridized carbons (Fsp3) is 0.462. The van der Waals surface area contributed by atoms with E-state index in [9.17, 15) is 13.6 Å². The van der Waals surface area contributed by atoms with Crippen molar-refractivity contribution in [2.75, 3.05) is 0 Å². The standard InChI is InChI=1S/C13H14F2O2S/c1-13(2)9(10(13)11(16)17)7-3-5-8(6-4-7)18-12(14)15/h3-6,9-10,12H,1-2H3,(H,16,17)/t9-,10+/m1/s1. The van der Waals surface area contributed by atoms with E-state index in [2.05, 4.69) is 0 Å². The topological polar surface area (TPSA) is 37.3 Å². The van der Waals surface area contributed by atoms with Gasteiger partial charge in [-0.05, 0) is 23.1 Å². The highest BCUT2D eigenvalue weighted by molar-refractivity contribution is 7.99. The van der Waals surface area contributed by atoms with E-state index in [1.54, 1.807) is 24.3 Å². The number of carboxylic acid groups (broad SMARTS) is 1. The third kappa shape index (κ3) is 2.36. The maximum absolute atomic E-state index is 12.2. The van der Waals surface area contributed by atoms with Gasteiger partial charge < -0.3 is 5.11 Å². The molecule has 0 unspecified atom stereocenters. The maximum Gasteiger partial charge on any atom is 0.307 e. The Kier molecular flexibility index (Phi) is 3.36. The Morgan fingerprint density at radius 1 is 1.33 bits per heavy atom. The quantitative estimate of drug-likeness (QED) is 0.846. The van der Waals surface area contributed by atoms with Gasteiger partial charge in [0.2, 0.25) is 0 Å². The van der Waals surface area contributed by atoms with Gasteiger partial charge in [0.1, 0.15) is 0 Å². The number of aliphatic carboxylic acids is 1. The Hall–Kier alpha value is -1.10. The zero-order valence-corrected chi connectivity index (χ0v) is 10.9. The molecule has 1 N–H and O–H groups in total. The average molecular weight is 272 g/mol. The van der Waals surface area contributed by atoms with Crippen molar-refractivity contribution in [3.05, 3.63) is 29.8 Å². The van der Waals surface area contributed by atoms with Crippen LogP contribution in [-0.2, 0) is 4.79 Å². The van der Waals surface area contributed by atoms with Crippen molar-refractivity contribution in [1.29, 1.82) is 0 Å².